The maximum atomic E-state index is 14.1. The Balaban J connectivity index is 1.29. The number of carbonyl (C=O) groups excluding carboxylic acids is 1. The summed E-state index contributed by atoms with van der Waals surface area (Å²) in [6.07, 6.45) is -0.177. The first-order chi connectivity index (χ1) is 17.4. The van der Waals surface area contributed by atoms with Crippen LogP contribution in [0.3, 0.4) is 0 Å². The second kappa shape index (κ2) is 9.62. The molecule has 0 aromatic carbocycles. The van der Waals surface area contributed by atoms with Crippen LogP contribution < -0.4 is 10.2 Å². The molecule has 206 valence electrons. The topological polar surface area (TPSA) is 100 Å². The van der Waals surface area contributed by atoms with E-state index in [9.17, 15) is 23.1 Å². The van der Waals surface area contributed by atoms with Gasteiger partial charge in [-0.1, -0.05) is 0 Å². The molecule has 0 spiro atoms. The average molecular weight is 528 g/mol. The van der Waals surface area contributed by atoms with E-state index in [0.29, 0.717) is 45.6 Å². The number of ether oxygens (including phenoxy) is 2. The number of aliphatic hydroxyl groups is 1. The maximum absolute atomic E-state index is 14.1. The van der Waals surface area contributed by atoms with Gasteiger partial charge in [-0.25, -0.2) is 9.97 Å². The van der Waals surface area contributed by atoms with E-state index in [4.69, 9.17) is 9.47 Å². The van der Waals surface area contributed by atoms with Crippen LogP contribution in [-0.2, 0) is 20.4 Å². The number of methoxy groups -OCH3 is 1. The zero-order valence-corrected chi connectivity index (χ0v) is 21.5. The predicted octanol–water partition coefficient (Wildman–Crippen LogP) is 1.99. The molecule has 37 heavy (non-hydrogen) atoms. The highest BCUT2D eigenvalue weighted by Gasteiger charge is 2.59. The van der Waals surface area contributed by atoms with Crippen LogP contribution in [0.1, 0.15) is 51.6 Å². The zero-order valence-electron chi connectivity index (χ0n) is 21.5. The van der Waals surface area contributed by atoms with E-state index in [1.807, 2.05) is 4.90 Å². The Kier molecular flexibility index (Phi) is 6.91. The van der Waals surface area contributed by atoms with E-state index in [2.05, 4.69) is 15.3 Å². The zero-order chi connectivity index (χ0) is 26.6. The molecule has 0 radical (unpaired) electrons. The highest BCUT2D eigenvalue weighted by Crippen LogP contribution is 2.50. The van der Waals surface area contributed by atoms with Crippen LogP contribution in [0.2, 0.25) is 0 Å². The number of rotatable bonds is 6. The fraction of sp³-hybridized carbons (Fsp3) is 0.800. The van der Waals surface area contributed by atoms with Crippen molar-refractivity contribution in [2.24, 2.45) is 5.41 Å². The summed E-state index contributed by atoms with van der Waals surface area (Å²) in [7, 11) is 1.67. The smallest absolute Gasteiger partial charge is 0.389 e. The summed E-state index contributed by atoms with van der Waals surface area (Å²) in [5.41, 5.74) is -3.15. The van der Waals surface area contributed by atoms with E-state index in [1.165, 1.54) is 0 Å². The van der Waals surface area contributed by atoms with Crippen LogP contribution in [0, 0.1) is 5.41 Å². The van der Waals surface area contributed by atoms with Crippen LogP contribution in [0.25, 0.3) is 0 Å². The van der Waals surface area contributed by atoms with Crippen LogP contribution >= 0.6 is 0 Å². The van der Waals surface area contributed by atoms with Gasteiger partial charge in [0.15, 0.2) is 0 Å². The summed E-state index contributed by atoms with van der Waals surface area (Å²) in [5, 5.41) is 14.9. The van der Waals surface area contributed by atoms with E-state index >= 15 is 0 Å². The van der Waals surface area contributed by atoms with Gasteiger partial charge in [0.1, 0.15) is 5.69 Å². The summed E-state index contributed by atoms with van der Waals surface area (Å²) in [4.78, 5) is 25.5. The predicted molar refractivity (Wildman–Crippen MR) is 128 cm³/mol. The number of fused-ring (bicyclic) bond motifs is 2. The minimum atomic E-state index is -4.54. The van der Waals surface area contributed by atoms with Gasteiger partial charge in [-0.2, -0.15) is 13.2 Å². The standard InChI is InChI=1S/C25H36F3N5O4/c1-23(2,35)24(7-4-15(11-24)30-18-6-9-37-14-19(18)36-3)21(34)32-12-17-10-16(32)13-33(17)22-29-8-5-20(31-22)25(26,27)28/h5,8,15-19,30,35H,4,6-7,9-14H2,1-3H3/t15-,16-,17-,18+,19-,24-/m1/s1. The monoisotopic (exact) mass is 527 g/mol. The van der Waals surface area contributed by atoms with Gasteiger partial charge in [-0.15, -0.1) is 0 Å². The van der Waals surface area contributed by atoms with E-state index < -0.39 is 22.9 Å². The molecule has 5 rings (SSSR count). The van der Waals surface area contributed by atoms with Crippen LogP contribution in [0.5, 0.6) is 0 Å². The third-order valence-corrected chi connectivity index (χ3v) is 8.84. The fourth-order valence-corrected chi connectivity index (χ4v) is 6.72. The molecule has 12 heteroatoms. The number of hydrogen-bond donors (Lipinski definition) is 2. The number of nitrogens with one attached hydrogen (secondary N) is 1. The molecule has 1 amide bonds. The second-order valence-corrected chi connectivity index (χ2v) is 11.4. The van der Waals surface area contributed by atoms with Crippen LogP contribution in [-0.4, -0.2) is 95.2 Å². The van der Waals surface area contributed by atoms with E-state index in [1.54, 1.807) is 25.9 Å². The molecular weight excluding hydrogens is 491 g/mol. The van der Waals surface area contributed by atoms with E-state index in [0.717, 1.165) is 25.1 Å². The van der Waals surface area contributed by atoms with Gasteiger partial charge in [0.05, 0.1) is 35.8 Å². The molecule has 9 nitrogen and oxygen atoms in total. The van der Waals surface area contributed by atoms with Crippen molar-refractivity contribution in [2.45, 2.75) is 88.0 Å². The van der Waals surface area contributed by atoms with Crippen molar-refractivity contribution < 1.29 is 32.5 Å². The number of halogens is 3. The normalized spacial score (nSPS) is 34.4. The number of piperazine rings is 1. The summed E-state index contributed by atoms with van der Waals surface area (Å²) in [6, 6.07) is 0.735. The SMILES string of the molecule is CO[C@@H]1COCC[C@@H]1N[C@@H]1CC[C@@](C(=O)N2C[C@H]3C[C@@H]2CN3c2nccc(C(F)(F)F)n2)(C(C)(C)O)C1. The second-order valence-electron chi connectivity index (χ2n) is 11.4. The Hall–Kier alpha value is -2.02. The van der Waals surface area contributed by atoms with Crippen molar-refractivity contribution in [3.63, 3.8) is 0 Å². The molecule has 2 bridgehead atoms. The number of aromatic nitrogens is 2. The quantitative estimate of drug-likeness (QED) is 0.580. The molecular formula is C25H36F3N5O4. The van der Waals surface area contributed by atoms with Crippen molar-refractivity contribution in [3.8, 4) is 0 Å². The lowest BCUT2D eigenvalue weighted by Gasteiger charge is -2.45. The minimum Gasteiger partial charge on any atom is -0.389 e. The Labute approximate surface area is 214 Å². The van der Waals surface area contributed by atoms with Gasteiger partial charge in [0.25, 0.3) is 0 Å². The first-order valence-corrected chi connectivity index (χ1v) is 13.0. The molecule has 4 aliphatic rings. The molecule has 0 unspecified atom stereocenters. The van der Waals surface area contributed by atoms with Crippen molar-refractivity contribution in [1.82, 2.24) is 20.2 Å². The number of hydrogen-bond acceptors (Lipinski definition) is 8. The van der Waals surface area contributed by atoms with Gasteiger partial charge >= 0.3 is 6.18 Å². The van der Waals surface area contributed by atoms with Crippen molar-refractivity contribution in [3.05, 3.63) is 18.0 Å². The number of amides is 1. The molecule has 3 aliphatic heterocycles. The largest absolute Gasteiger partial charge is 0.433 e. The fourth-order valence-electron chi connectivity index (χ4n) is 6.72. The number of carbonyl (C=O) groups is 1. The Morgan fingerprint density at radius 1 is 1.27 bits per heavy atom. The van der Waals surface area contributed by atoms with E-state index in [-0.39, 0.29) is 42.1 Å². The first kappa shape index (κ1) is 26.6. The van der Waals surface area contributed by atoms with Crippen molar-refractivity contribution >= 4 is 11.9 Å². The van der Waals surface area contributed by atoms with Gasteiger partial charge < -0.3 is 29.7 Å². The number of nitrogens with zero attached hydrogens (tertiary/aromatic N) is 4. The van der Waals surface area contributed by atoms with Crippen molar-refractivity contribution in [2.75, 3.05) is 38.3 Å². The van der Waals surface area contributed by atoms with Gasteiger partial charge in [-0.05, 0) is 52.0 Å². The molecule has 4 fully saturated rings. The summed E-state index contributed by atoms with van der Waals surface area (Å²) < 4.78 is 50.6. The summed E-state index contributed by atoms with van der Waals surface area (Å²) >= 11 is 0. The number of alkyl halides is 3. The minimum absolute atomic E-state index is 0.0425. The highest BCUT2D eigenvalue weighted by molar-refractivity contribution is 5.85. The van der Waals surface area contributed by atoms with Crippen molar-refractivity contribution in [1.29, 1.82) is 0 Å². The lowest BCUT2D eigenvalue weighted by atomic mass is 9.70. The molecule has 4 heterocycles. The molecule has 6 atom stereocenters. The number of anilines is 1. The Morgan fingerprint density at radius 3 is 2.70 bits per heavy atom. The van der Waals surface area contributed by atoms with Crippen LogP contribution in [0.15, 0.2) is 12.3 Å². The Morgan fingerprint density at radius 2 is 2.05 bits per heavy atom. The molecule has 1 aromatic rings. The molecule has 1 saturated carbocycles. The van der Waals surface area contributed by atoms with Gasteiger partial charge in [0, 0.05) is 45.1 Å². The summed E-state index contributed by atoms with van der Waals surface area (Å²) in [5.74, 6) is -0.0300. The third-order valence-electron chi connectivity index (χ3n) is 8.84. The number of likely N-dealkylation sites (tertiary alicyclic amines) is 1. The van der Waals surface area contributed by atoms with Gasteiger partial charge in [0.2, 0.25) is 11.9 Å². The molecule has 1 aromatic heterocycles. The first-order valence-electron chi connectivity index (χ1n) is 13.0. The lowest BCUT2D eigenvalue weighted by molar-refractivity contribution is -0.159. The molecule has 2 N–H and O–H groups in total. The lowest BCUT2D eigenvalue weighted by Crippen LogP contribution is -2.59. The summed E-state index contributed by atoms with van der Waals surface area (Å²) in [6.45, 7) is 5.35. The van der Waals surface area contributed by atoms with Gasteiger partial charge in [-0.3, -0.25) is 4.79 Å². The molecule has 1 aliphatic carbocycles. The highest BCUT2D eigenvalue weighted by atomic mass is 19.4. The third kappa shape index (κ3) is 4.81. The molecule has 3 saturated heterocycles. The Bertz CT molecular complexity index is 1010. The average Bonchev–Trinajstić information content (AvgIpc) is 3.58. The van der Waals surface area contributed by atoms with Crippen LogP contribution in [0.4, 0.5) is 19.1 Å². The maximum Gasteiger partial charge on any atom is 0.433 e.